The molecule has 150 valence electrons. The molecule has 4 rings (SSSR count). The van der Waals surface area contributed by atoms with Crippen LogP contribution >= 0.6 is 11.8 Å². The summed E-state index contributed by atoms with van der Waals surface area (Å²) in [6.45, 7) is 1.36. The van der Waals surface area contributed by atoms with Gasteiger partial charge in [-0.1, -0.05) is 0 Å². The SMILES string of the molecule is NC(=O)Cn1cc2c(n1)CN([C@H]1CS[C@H](c3cc(F)cc(F)c3F)[C@@H](N)C1)C2. The van der Waals surface area contributed by atoms with Crippen molar-refractivity contribution in [2.75, 3.05) is 5.75 Å². The summed E-state index contributed by atoms with van der Waals surface area (Å²) in [6.07, 6.45) is 2.41. The van der Waals surface area contributed by atoms with Crippen molar-refractivity contribution in [3.05, 3.63) is 52.6 Å². The third kappa shape index (κ3) is 3.63. The molecule has 2 aliphatic heterocycles. The number of aromatic nitrogens is 2. The molecular formula is C18H20F3N5OS. The minimum Gasteiger partial charge on any atom is -0.368 e. The zero-order valence-electron chi connectivity index (χ0n) is 14.9. The normalized spacial score (nSPS) is 25.1. The summed E-state index contributed by atoms with van der Waals surface area (Å²) in [7, 11) is 0. The number of primary amides is 1. The molecule has 0 aliphatic carbocycles. The van der Waals surface area contributed by atoms with Gasteiger partial charge in [0.1, 0.15) is 12.4 Å². The third-order valence-electron chi connectivity index (χ3n) is 5.21. The second-order valence-corrected chi connectivity index (χ2v) is 8.44. The van der Waals surface area contributed by atoms with E-state index in [9.17, 15) is 18.0 Å². The van der Waals surface area contributed by atoms with Crippen molar-refractivity contribution in [1.29, 1.82) is 0 Å². The Kier molecular flexibility index (Phi) is 5.11. The van der Waals surface area contributed by atoms with Gasteiger partial charge < -0.3 is 11.5 Å². The molecule has 1 aromatic carbocycles. The van der Waals surface area contributed by atoms with E-state index in [1.807, 2.05) is 6.20 Å². The number of nitrogens with two attached hydrogens (primary N) is 2. The fraction of sp³-hybridized carbons (Fsp3) is 0.444. The Morgan fingerprint density at radius 3 is 2.75 bits per heavy atom. The maximum absolute atomic E-state index is 14.1. The molecule has 1 amide bonds. The Morgan fingerprint density at radius 2 is 2.07 bits per heavy atom. The number of amides is 1. The van der Waals surface area contributed by atoms with Gasteiger partial charge in [-0.3, -0.25) is 14.4 Å². The number of benzene rings is 1. The first-order chi connectivity index (χ1) is 13.3. The average molecular weight is 411 g/mol. The lowest BCUT2D eigenvalue weighted by atomic mass is 9.98. The van der Waals surface area contributed by atoms with E-state index in [-0.39, 0.29) is 18.2 Å². The molecule has 0 unspecified atom stereocenters. The number of hydrogen-bond acceptors (Lipinski definition) is 5. The van der Waals surface area contributed by atoms with Crippen LogP contribution in [0.25, 0.3) is 0 Å². The summed E-state index contributed by atoms with van der Waals surface area (Å²) < 4.78 is 42.8. The fourth-order valence-electron chi connectivity index (χ4n) is 3.94. The minimum atomic E-state index is -1.19. The molecule has 0 saturated carbocycles. The molecule has 28 heavy (non-hydrogen) atoms. The van der Waals surface area contributed by atoms with Gasteiger partial charge in [-0.05, 0) is 12.5 Å². The first-order valence-corrected chi connectivity index (χ1v) is 9.96. The van der Waals surface area contributed by atoms with Gasteiger partial charge in [-0.15, -0.1) is 0 Å². The molecule has 3 heterocycles. The van der Waals surface area contributed by atoms with E-state index in [1.165, 1.54) is 11.8 Å². The third-order valence-corrected chi connectivity index (χ3v) is 6.75. The van der Waals surface area contributed by atoms with Crippen LogP contribution in [-0.4, -0.2) is 38.4 Å². The molecule has 3 atom stereocenters. The quantitative estimate of drug-likeness (QED) is 0.747. The maximum atomic E-state index is 14.1. The molecule has 4 N–H and O–H groups in total. The molecule has 0 bridgehead atoms. The highest BCUT2D eigenvalue weighted by atomic mass is 32.2. The summed E-state index contributed by atoms with van der Waals surface area (Å²) in [5.41, 5.74) is 13.4. The molecule has 6 nitrogen and oxygen atoms in total. The van der Waals surface area contributed by atoms with Crippen LogP contribution in [0.1, 0.15) is 28.5 Å². The number of carbonyl (C=O) groups excluding carboxylic acids is 1. The first kappa shape index (κ1) is 19.3. The number of halogens is 3. The molecule has 2 aliphatic rings. The summed E-state index contributed by atoms with van der Waals surface area (Å²) in [5.74, 6) is -2.80. The van der Waals surface area contributed by atoms with E-state index >= 15 is 0 Å². The van der Waals surface area contributed by atoms with Crippen LogP contribution in [0.15, 0.2) is 18.3 Å². The van der Waals surface area contributed by atoms with Crippen molar-refractivity contribution >= 4 is 17.7 Å². The molecule has 1 saturated heterocycles. The van der Waals surface area contributed by atoms with Crippen molar-refractivity contribution in [3.63, 3.8) is 0 Å². The second-order valence-electron chi connectivity index (χ2n) is 7.27. The van der Waals surface area contributed by atoms with E-state index in [0.29, 0.717) is 31.3 Å². The van der Waals surface area contributed by atoms with Gasteiger partial charge in [-0.2, -0.15) is 16.9 Å². The van der Waals surface area contributed by atoms with E-state index in [4.69, 9.17) is 11.5 Å². The van der Waals surface area contributed by atoms with Crippen LogP contribution in [0.3, 0.4) is 0 Å². The van der Waals surface area contributed by atoms with Crippen LogP contribution < -0.4 is 11.5 Å². The van der Waals surface area contributed by atoms with Gasteiger partial charge in [0.2, 0.25) is 5.91 Å². The molecular weight excluding hydrogens is 391 g/mol. The zero-order valence-corrected chi connectivity index (χ0v) is 15.8. The Labute approximate surface area is 164 Å². The number of thioether (sulfide) groups is 1. The lowest BCUT2D eigenvalue weighted by Gasteiger charge is -2.38. The molecule has 0 spiro atoms. The average Bonchev–Trinajstić information content (AvgIpc) is 3.16. The molecule has 10 heteroatoms. The van der Waals surface area contributed by atoms with Gasteiger partial charge in [-0.25, -0.2) is 13.2 Å². The van der Waals surface area contributed by atoms with Crippen molar-refractivity contribution in [2.45, 2.75) is 43.4 Å². The highest BCUT2D eigenvalue weighted by molar-refractivity contribution is 7.99. The van der Waals surface area contributed by atoms with Gasteiger partial charge in [0.25, 0.3) is 0 Å². The molecule has 2 aromatic rings. The van der Waals surface area contributed by atoms with E-state index in [2.05, 4.69) is 10.00 Å². The van der Waals surface area contributed by atoms with Crippen LogP contribution in [0.5, 0.6) is 0 Å². The van der Waals surface area contributed by atoms with Crippen LogP contribution in [0.4, 0.5) is 13.2 Å². The molecule has 1 fully saturated rings. The number of fused-ring (bicyclic) bond motifs is 1. The summed E-state index contributed by atoms with van der Waals surface area (Å²) in [5, 5.41) is 3.90. The van der Waals surface area contributed by atoms with Crippen LogP contribution in [0, 0.1) is 17.5 Å². The Hall–Kier alpha value is -2.04. The first-order valence-electron chi connectivity index (χ1n) is 8.91. The number of nitrogens with zero attached hydrogens (tertiary/aromatic N) is 3. The van der Waals surface area contributed by atoms with Gasteiger partial charge >= 0.3 is 0 Å². The predicted molar refractivity (Wildman–Crippen MR) is 98.6 cm³/mol. The predicted octanol–water partition coefficient (Wildman–Crippen LogP) is 1.68. The highest BCUT2D eigenvalue weighted by Gasteiger charge is 2.37. The molecule has 0 radical (unpaired) electrons. The van der Waals surface area contributed by atoms with Gasteiger partial charge in [0.15, 0.2) is 11.6 Å². The summed E-state index contributed by atoms with van der Waals surface area (Å²) >= 11 is 1.42. The van der Waals surface area contributed by atoms with E-state index < -0.39 is 34.7 Å². The highest BCUT2D eigenvalue weighted by Crippen LogP contribution is 2.42. The van der Waals surface area contributed by atoms with Crippen molar-refractivity contribution in [2.24, 2.45) is 11.5 Å². The summed E-state index contributed by atoms with van der Waals surface area (Å²) in [6, 6.07) is 1.29. The number of rotatable bonds is 4. The maximum Gasteiger partial charge on any atom is 0.239 e. The van der Waals surface area contributed by atoms with Crippen LogP contribution in [0.2, 0.25) is 0 Å². The minimum absolute atomic E-state index is 0.0130. The smallest absolute Gasteiger partial charge is 0.239 e. The molecule has 1 aromatic heterocycles. The fourth-order valence-corrected chi connectivity index (χ4v) is 5.42. The Bertz CT molecular complexity index is 897. The van der Waals surface area contributed by atoms with Crippen molar-refractivity contribution in [1.82, 2.24) is 14.7 Å². The monoisotopic (exact) mass is 411 g/mol. The number of hydrogen-bond donors (Lipinski definition) is 2. The zero-order chi connectivity index (χ0) is 20.0. The second kappa shape index (κ2) is 7.41. The lowest BCUT2D eigenvalue weighted by molar-refractivity contribution is -0.118. The van der Waals surface area contributed by atoms with E-state index in [1.54, 1.807) is 4.68 Å². The van der Waals surface area contributed by atoms with Crippen molar-refractivity contribution in [3.8, 4) is 0 Å². The Balaban J connectivity index is 1.42. The Morgan fingerprint density at radius 1 is 1.29 bits per heavy atom. The lowest BCUT2D eigenvalue weighted by Crippen LogP contribution is -2.44. The van der Waals surface area contributed by atoms with Crippen molar-refractivity contribution < 1.29 is 18.0 Å². The largest absolute Gasteiger partial charge is 0.368 e. The number of carbonyl (C=O) groups is 1. The summed E-state index contributed by atoms with van der Waals surface area (Å²) in [4.78, 5) is 13.3. The van der Waals surface area contributed by atoms with Crippen LogP contribution in [-0.2, 0) is 24.4 Å². The van der Waals surface area contributed by atoms with Gasteiger partial charge in [0.05, 0.1) is 5.69 Å². The topological polar surface area (TPSA) is 90.2 Å². The van der Waals surface area contributed by atoms with Gasteiger partial charge in [0, 0.05) is 59.6 Å². The standard InChI is InChI=1S/C18H20F3N5OS/c19-10-1-12(17(21)13(20)2-10)18-14(22)3-11(8-28-18)25-4-9-5-26(7-16(23)27)24-15(9)6-25/h1-2,5,11,14,18H,3-4,6-8,22H2,(H2,23,27)/t11-,14+,18-/m1/s1. The van der Waals surface area contributed by atoms with E-state index in [0.717, 1.165) is 17.3 Å².